The predicted octanol–water partition coefficient (Wildman–Crippen LogP) is 5.28. The second kappa shape index (κ2) is 9.06. The molecule has 2 N–H and O–H groups in total. The maximum atomic E-state index is 5.84. The molecular formula is C18H24BrNO. The number of fused-ring (bicyclic) bond motifs is 1. The van der Waals surface area contributed by atoms with E-state index < -0.39 is 0 Å². The lowest BCUT2D eigenvalue weighted by atomic mass is 10.1. The third-order valence-corrected chi connectivity index (χ3v) is 4.13. The third-order valence-electron chi connectivity index (χ3n) is 3.64. The van der Waals surface area contributed by atoms with Gasteiger partial charge in [0.2, 0.25) is 0 Å². The minimum absolute atomic E-state index is 0.804. The van der Waals surface area contributed by atoms with Crippen LogP contribution in [-0.2, 0) is 0 Å². The van der Waals surface area contributed by atoms with Crippen LogP contribution in [0.5, 0.6) is 5.75 Å². The molecule has 0 saturated heterocycles. The van der Waals surface area contributed by atoms with Gasteiger partial charge in [-0.3, -0.25) is 0 Å². The molecule has 0 aromatic heterocycles. The molecular weight excluding hydrogens is 326 g/mol. The van der Waals surface area contributed by atoms with Crippen molar-refractivity contribution in [2.45, 2.75) is 38.5 Å². The Labute approximate surface area is 135 Å². The van der Waals surface area contributed by atoms with Crippen LogP contribution in [0.4, 0.5) is 0 Å². The van der Waals surface area contributed by atoms with Gasteiger partial charge in [0.15, 0.2) is 0 Å². The van der Waals surface area contributed by atoms with Gasteiger partial charge < -0.3 is 10.5 Å². The number of benzene rings is 2. The summed E-state index contributed by atoms with van der Waals surface area (Å²) in [5, 5.41) is 2.45. The van der Waals surface area contributed by atoms with Gasteiger partial charge in [-0.15, -0.1) is 0 Å². The average molecular weight is 350 g/mol. The molecule has 0 amide bonds. The highest BCUT2D eigenvalue weighted by Gasteiger charge is 1.99. The van der Waals surface area contributed by atoms with Crippen LogP contribution in [0.15, 0.2) is 40.9 Å². The Morgan fingerprint density at radius 2 is 1.48 bits per heavy atom. The first-order valence-corrected chi connectivity index (χ1v) is 8.61. The van der Waals surface area contributed by atoms with Crippen molar-refractivity contribution in [1.82, 2.24) is 0 Å². The van der Waals surface area contributed by atoms with Gasteiger partial charge in [0, 0.05) is 4.47 Å². The maximum absolute atomic E-state index is 5.84. The first kappa shape index (κ1) is 16.3. The zero-order valence-corrected chi connectivity index (χ0v) is 14.1. The zero-order chi connectivity index (χ0) is 14.9. The lowest BCUT2D eigenvalue weighted by Gasteiger charge is -2.07. The largest absolute Gasteiger partial charge is 0.494 e. The van der Waals surface area contributed by atoms with Crippen LogP contribution in [-0.4, -0.2) is 13.2 Å². The minimum Gasteiger partial charge on any atom is -0.494 e. The van der Waals surface area contributed by atoms with Crippen molar-refractivity contribution >= 4 is 26.7 Å². The standard InChI is InChI=1S/C18H24BrNO/c19-17-9-7-16-14-18(10-8-15(16)13-17)21-12-6-4-2-1-3-5-11-20/h7-10,13-14H,1-6,11-12,20H2. The summed E-state index contributed by atoms with van der Waals surface area (Å²) in [5.41, 5.74) is 5.48. The highest BCUT2D eigenvalue weighted by molar-refractivity contribution is 9.10. The molecule has 0 saturated carbocycles. The Morgan fingerprint density at radius 3 is 2.29 bits per heavy atom. The Morgan fingerprint density at radius 1 is 0.810 bits per heavy atom. The Balaban J connectivity index is 1.70. The van der Waals surface area contributed by atoms with Crippen molar-refractivity contribution in [1.29, 1.82) is 0 Å². The molecule has 0 unspecified atom stereocenters. The fourth-order valence-electron chi connectivity index (χ4n) is 2.43. The van der Waals surface area contributed by atoms with Crippen molar-refractivity contribution < 1.29 is 4.74 Å². The van der Waals surface area contributed by atoms with E-state index in [0.29, 0.717) is 0 Å². The van der Waals surface area contributed by atoms with Crippen molar-refractivity contribution in [3.63, 3.8) is 0 Å². The first-order chi connectivity index (χ1) is 10.3. The maximum Gasteiger partial charge on any atom is 0.119 e. The molecule has 0 bridgehead atoms. The van der Waals surface area contributed by atoms with E-state index in [1.807, 2.05) is 0 Å². The fraction of sp³-hybridized carbons (Fsp3) is 0.444. The van der Waals surface area contributed by atoms with E-state index in [0.717, 1.165) is 36.2 Å². The van der Waals surface area contributed by atoms with Gasteiger partial charge in [0.05, 0.1) is 6.61 Å². The average Bonchev–Trinajstić information content (AvgIpc) is 2.50. The molecule has 21 heavy (non-hydrogen) atoms. The predicted molar refractivity (Wildman–Crippen MR) is 93.9 cm³/mol. The summed E-state index contributed by atoms with van der Waals surface area (Å²) in [7, 11) is 0. The van der Waals surface area contributed by atoms with Gasteiger partial charge >= 0.3 is 0 Å². The summed E-state index contributed by atoms with van der Waals surface area (Å²) in [6, 6.07) is 12.6. The highest BCUT2D eigenvalue weighted by atomic mass is 79.9. The molecule has 114 valence electrons. The number of rotatable bonds is 9. The number of hydrogen-bond acceptors (Lipinski definition) is 2. The SMILES string of the molecule is NCCCCCCCCOc1ccc2cc(Br)ccc2c1. The molecule has 2 aromatic carbocycles. The van der Waals surface area contributed by atoms with Crippen molar-refractivity contribution in [2.75, 3.05) is 13.2 Å². The topological polar surface area (TPSA) is 35.2 Å². The summed E-state index contributed by atoms with van der Waals surface area (Å²) in [6.07, 6.45) is 7.37. The number of halogens is 1. The molecule has 0 aliphatic carbocycles. The minimum atomic E-state index is 0.804. The van der Waals surface area contributed by atoms with Crippen LogP contribution in [0, 0.1) is 0 Å². The van der Waals surface area contributed by atoms with Crippen molar-refractivity contribution in [3.05, 3.63) is 40.9 Å². The van der Waals surface area contributed by atoms with Gasteiger partial charge in [-0.05, 0) is 54.4 Å². The van der Waals surface area contributed by atoms with E-state index in [9.17, 15) is 0 Å². The third kappa shape index (κ3) is 5.68. The van der Waals surface area contributed by atoms with Gasteiger partial charge in [0.1, 0.15) is 5.75 Å². The van der Waals surface area contributed by atoms with Gasteiger partial charge in [0.25, 0.3) is 0 Å². The van der Waals surface area contributed by atoms with E-state index in [1.165, 1.54) is 36.5 Å². The van der Waals surface area contributed by atoms with Crippen LogP contribution < -0.4 is 10.5 Å². The molecule has 0 radical (unpaired) electrons. The smallest absolute Gasteiger partial charge is 0.119 e. The molecule has 0 fully saturated rings. The monoisotopic (exact) mass is 349 g/mol. The lowest BCUT2D eigenvalue weighted by Crippen LogP contribution is -1.98. The number of hydrogen-bond donors (Lipinski definition) is 1. The molecule has 0 aliphatic heterocycles. The van der Waals surface area contributed by atoms with Gasteiger partial charge in [-0.1, -0.05) is 53.7 Å². The summed E-state index contributed by atoms with van der Waals surface area (Å²) in [6.45, 7) is 1.63. The molecule has 2 aromatic rings. The van der Waals surface area contributed by atoms with E-state index in [-0.39, 0.29) is 0 Å². The van der Waals surface area contributed by atoms with E-state index >= 15 is 0 Å². The molecule has 2 rings (SSSR count). The summed E-state index contributed by atoms with van der Waals surface area (Å²) < 4.78 is 6.95. The van der Waals surface area contributed by atoms with E-state index in [1.54, 1.807) is 0 Å². The van der Waals surface area contributed by atoms with Crippen molar-refractivity contribution in [2.24, 2.45) is 5.73 Å². The van der Waals surface area contributed by atoms with Crippen molar-refractivity contribution in [3.8, 4) is 5.75 Å². The van der Waals surface area contributed by atoms with Gasteiger partial charge in [-0.2, -0.15) is 0 Å². The van der Waals surface area contributed by atoms with E-state index in [4.69, 9.17) is 10.5 Å². The molecule has 0 spiro atoms. The Hall–Kier alpha value is -1.06. The highest BCUT2D eigenvalue weighted by Crippen LogP contribution is 2.24. The lowest BCUT2D eigenvalue weighted by molar-refractivity contribution is 0.304. The first-order valence-electron chi connectivity index (χ1n) is 7.82. The fourth-order valence-corrected chi connectivity index (χ4v) is 2.81. The van der Waals surface area contributed by atoms with Crippen LogP contribution >= 0.6 is 15.9 Å². The van der Waals surface area contributed by atoms with Crippen LogP contribution in [0.25, 0.3) is 10.8 Å². The summed E-state index contributed by atoms with van der Waals surface area (Å²) in [4.78, 5) is 0. The molecule has 0 heterocycles. The Bertz CT molecular complexity index is 556. The normalized spacial score (nSPS) is 11.0. The quantitative estimate of drug-likeness (QED) is 0.625. The number of ether oxygens (including phenoxy) is 1. The molecule has 3 heteroatoms. The number of nitrogens with two attached hydrogens (primary N) is 1. The second-order valence-corrected chi connectivity index (χ2v) is 6.33. The molecule has 0 aliphatic rings. The van der Waals surface area contributed by atoms with Crippen LogP contribution in [0.1, 0.15) is 38.5 Å². The summed E-state index contributed by atoms with van der Waals surface area (Å²) >= 11 is 3.49. The second-order valence-electron chi connectivity index (χ2n) is 5.41. The van der Waals surface area contributed by atoms with Gasteiger partial charge in [-0.25, -0.2) is 0 Å². The molecule has 2 nitrogen and oxygen atoms in total. The zero-order valence-electron chi connectivity index (χ0n) is 12.5. The van der Waals surface area contributed by atoms with Crippen LogP contribution in [0.2, 0.25) is 0 Å². The van der Waals surface area contributed by atoms with E-state index in [2.05, 4.69) is 52.3 Å². The number of unbranched alkanes of at least 4 members (excludes halogenated alkanes) is 5. The molecule has 0 atom stereocenters. The Kier molecular flexibility index (Phi) is 7.04. The summed E-state index contributed by atoms with van der Waals surface area (Å²) in [5.74, 6) is 0.966. The van der Waals surface area contributed by atoms with Crippen LogP contribution in [0.3, 0.4) is 0 Å².